The summed E-state index contributed by atoms with van der Waals surface area (Å²) in [5.41, 5.74) is 0. The Labute approximate surface area is 77.8 Å². The van der Waals surface area contributed by atoms with Gasteiger partial charge in [0.25, 0.3) is 0 Å². The molecule has 1 unspecified atom stereocenters. The fourth-order valence-electron chi connectivity index (χ4n) is 1.18. The highest BCUT2D eigenvalue weighted by Crippen LogP contribution is 2.12. The molecule has 5 nitrogen and oxygen atoms in total. The number of aromatic nitrogens is 3. The quantitative estimate of drug-likeness (QED) is 0.697. The molecule has 2 N–H and O–H groups in total. The van der Waals surface area contributed by atoms with Crippen LogP contribution in [-0.2, 0) is 0 Å². The van der Waals surface area contributed by atoms with Gasteiger partial charge in [0.05, 0.1) is 0 Å². The number of aliphatic hydroxyl groups excluding tert-OH is 1. The molecule has 1 atom stereocenters. The highest BCUT2D eigenvalue weighted by molar-refractivity contribution is 4.92. The van der Waals surface area contributed by atoms with Crippen molar-refractivity contribution >= 4 is 0 Å². The number of hydrogen-bond donors (Lipinski definition) is 2. The van der Waals surface area contributed by atoms with E-state index in [2.05, 4.69) is 15.4 Å². The third kappa shape index (κ3) is 2.26. The summed E-state index contributed by atoms with van der Waals surface area (Å²) in [7, 11) is 1.79. The van der Waals surface area contributed by atoms with E-state index in [4.69, 9.17) is 0 Å². The Kier molecular flexibility index (Phi) is 3.39. The summed E-state index contributed by atoms with van der Waals surface area (Å²) < 4.78 is 1.72. The molecule has 1 aromatic heterocycles. The molecule has 0 saturated carbocycles. The first kappa shape index (κ1) is 10.1. The van der Waals surface area contributed by atoms with Gasteiger partial charge >= 0.3 is 0 Å². The normalized spacial score (nSPS) is 13.6. The molecule has 0 saturated heterocycles. The second-order valence-electron chi connectivity index (χ2n) is 3.23. The molecule has 1 aromatic rings. The largest absolute Gasteiger partial charge is 0.384 e. The van der Waals surface area contributed by atoms with E-state index < -0.39 is 6.10 Å². The molecule has 74 valence electrons. The lowest BCUT2D eigenvalue weighted by atomic mass is 10.3. The van der Waals surface area contributed by atoms with E-state index in [1.807, 2.05) is 13.8 Å². The molecular formula is C8H16N4O. The van der Waals surface area contributed by atoms with Gasteiger partial charge in [-0.2, -0.15) is 5.10 Å². The van der Waals surface area contributed by atoms with E-state index in [-0.39, 0.29) is 6.04 Å². The Balaban J connectivity index is 2.80. The number of aliphatic hydroxyl groups is 1. The van der Waals surface area contributed by atoms with Gasteiger partial charge in [0.2, 0.25) is 0 Å². The van der Waals surface area contributed by atoms with Crippen LogP contribution in [0.15, 0.2) is 6.33 Å². The summed E-state index contributed by atoms with van der Waals surface area (Å²) >= 11 is 0. The van der Waals surface area contributed by atoms with Crippen molar-refractivity contribution < 1.29 is 5.11 Å². The van der Waals surface area contributed by atoms with Gasteiger partial charge in [0.15, 0.2) is 5.82 Å². The second-order valence-corrected chi connectivity index (χ2v) is 3.23. The lowest BCUT2D eigenvalue weighted by molar-refractivity contribution is 0.159. The maximum Gasteiger partial charge on any atom is 0.157 e. The predicted octanol–water partition coefficient (Wildman–Crippen LogP) is 0.112. The molecule has 0 aliphatic heterocycles. The average molecular weight is 184 g/mol. The van der Waals surface area contributed by atoms with Gasteiger partial charge in [-0.3, -0.25) is 0 Å². The van der Waals surface area contributed by atoms with Crippen molar-refractivity contribution in [3.05, 3.63) is 12.2 Å². The minimum absolute atomic E-state index is 0.226. The molecule has 0 aliphatic carbocycles. The Bertz CT molecular complexity index is 258. The summed E-state index contributed by atoms with van der Waals surface area (Å²) in [5, 5.41) is 16.6. The SMILES string of the molecule is CNCC(O)c1ncnn1C(C)C. The molecule has 0 radical (unpaired) electrons. The van der Waals surface area contributed by atoms with Gasteiger partial charge in [0.1, 0.15) is 12.4 Å². The third-order valence-electron chi connectivity index (χ3n) is 1.79. The predicted molar refractivity (Wildman–Crippen MR) is 49.3 cm³/mol. The van der Waals surface area contributed by atoms with E-state index >= 15 is 0 Å². The summed E-state index contributed by atoms with van der Waals surface area (Å²) in [5.74, 6) is 0.615. The summed E-state index contributed by atoms with van der Waals surface area (Å²) in [4.78, 5) is 4.02. The van der Waals surface area contributed by atoms with Crippen LogP contribution in [0.2, 0.25) is 0 Å². The van der Waals surface area contributed by atoms with Crippen LogP contribution < -0.4 is 5.32 Å². The van der Waals surface area contributed by atoms with Crippen LogP contribution in [0.4, 0.5) is 0 Å². The Morgan fingerprint density at radius 3 is 2.85 bits per heavy atom. The molecule has 1 rings (SSSR count). The van der Waals surface area contributed by atoms with Gasteiger partial charge in [-0.05, 0) is 20.9 Å². The zero-order valence-corrected chi connectivity index (χ0v) is 8.23. The summed E-state index contributed by atoms with van der Waals surface area (Å²) in [6.45, 7) is 4.50. The number of rotatable bonds is 4. The minimum Gasteiger partial charge on any atom is -0.384 e. The monoisotopic (exact) mass is 184 g/mol. The van der Waals surface area contributed by atoms with Crippen LogP contribution in [0, 0.1) is 0 Å². The molecule has 0 amide bonds. The fourth-order valence-corrected chi connectivity index (χ4v) is 1.18. The maximum absolute atomic E-state index is 9.65. The first-order valence-corrected chi connectivity index (χ1v) is 4.39. The molecule has 13 heavy (non-hydrogen) atoms. The minimum atomic E-state index is -0.588. The standard InChI is InChI=1S/C8H16N4O/c1-6(2)12-8(10-5-11-12)7(13)4-9-3/h5-7,9,13H,4H2,1-3H3. The zero-order valence-electron chi connectivity index (χ0n) is 8.23. The molecule has 0 bridgehead atoms. The van der Waals surface area contributed by atoms with Crippen molar-refractivity contribution in [1.82, 2.24) is 20.1 Å². The second kappa shape index (κ2) is 4.34. The molecular weight excluding hydrogens is 168 g/mol. The number of hydrogen-bond acceptors (Lipinski definition) is 4. The van der Waals surface area contributed by atoms with Gasteiger partial charge in [-0.15, -0.1) is 0 Å². The summed E-state index contributed by atoms with van der Waals surface area (Å²) in [6.07, 6.45) is 0.878. The summed E-state index contributed by atoms with van der Waals surface area (Å²) in [6, 6.07) is 0.226. The van der Waals surface area contributed by atoms with Gasteiger partial charge < -0.3 is 10.4 Å². The van der Waals surface area contributed by atoms with Gasteiger partial charge in [-0.1, -0.05) is 0 Å². The zero-order chi connectivity index (χ0) is 9.84. The number of likely N-dealkylation sites (N-methyl/N-ethyl adjacent to an activating group) is 1. The average Bonchev–Trinajstić information content (AvgIpc) is 2.52. The van der Waals surface area contributed by atoms with Crippen LogP contribution in [-0.4, -0.2) is 33.5 Å². The van der Waals surface area contributed by atoms with Crippen LogP contribution >= 0.6 is 0 Å². The first-order valence-electron chi connectivity index (χ1n) is 4.39. The highest BCUT2D eigenvalue weighted by atomic mass is 16.3. The lowest BCUT2D eigenvalue weighted by Crippen LogP contribution is -2.21. The highest BCUT2D eigenvalue weighted by Gasteiger charge is 2.15. The van der Waals surface area contributed by atoms with Crippen LogP contribution in [0.25, 0.3) is 0 Å². The topological polar surface area (TPSA) is 63.0 Å². The van der Waals surface area contributed by atoms with Crippen molar-refractivity contribution in [2.24, 2.45) is 0 Å². The molecule has 5 heteroatoms. The van der Waals surface area contributed by atoms with E-state index in [1.54, 1.807) is 11.7 Å². The van der Waals surface area contributed by atoms with Crippen molar-refractivity contribution in [3.63, 3.8) is 0 Å². The third-order valence-corrected chi connectivity index (χ3v) is 1.79. The smallest absolute Gasteiger partial charge is 0.157 e. The molecule has 0 aromatic carbocycles. The number of nitrogens with zero attached hydrogens (tertiary/aromatic N) is 3. The molecule has 0 spiro atoms. The van der Waals surface area contributed by atoms with Gasteiger partial charge in [-0.25, -0.2) is 9.67 Å². The van der Waals surface area contributed by atoms with Crippen molar-refractivity contribution in [2.45, 2.75) is 26.0 Å². The molecule has 1 heterocycles. The Morgan fingerprint density at radius 1 is 1.62 bits per heavy atom. The first-order chi connectivity index (χ1) is 6.16. The lowest BCUT2D eigenvalue weighted by Gasteiger charge is -2.13. The van der Waals surface area contributed by atoms with E-state index in [9.17, 15) is 5.11 Å². The van der Waals surface area contributed by atoms with Crippen molar-refractivity contribution in [3.8, 4) is 0 Å². The van der Waals surface area contributed by atoms with Crippen LogP contribution in [0.3, 0.4) is 0 Å². The molecule has 0 fully saturated rings. The van der Waals surface area contributed by atoms with E-state index in [0.29, 0.717) is 12.4 Å². The Morgan fingerprint density at radius 2 is 2.31 bits per heavy atom. The van der Waals surface area contributed by atoms with Crippen LogP contribution in [0.1, 0.15) is 31.8 Å². The van der Waals surface area contributed by atoms with E-state index in [0.717, 1.165) is 0 Å². The van der Waals surface area contributed by atoms with E-state index in [1.165, 1.54) is 6.33 Å². The number of nitrogens with one attached hydrogen (secondary N) is 1. The fraction of sp³-hybridized carbons (Fsp3) is 0.750. The molecule has 0 aliphatic rings. The Hall–Kier alpha value is -0.940. The van der Waals surface area contributed by atoms with Crippen LogP contribution in [0.5, 0.6) is 0 Å². The van der Waals surface area contributed by atoms with Gasteiger partial charge in [0, 0.05) is 12.6 Å². The van der Waals surface area contributed by atoms with Crippen molar-refractivity contribution in [1.29, 1.82) is 0 Å². The maximum atomic E-state index is 9.65. The van der Waals surface area contributed by atoms with Crippen molar-refractivity contribution in [2.75, 3.05) is 13.6 Å².